The molecule has 0 spiro atoms. The number of hydrogen-bond acceptors (Lipinski definition) is 4. The number of nitrogens with zero attached hydrogens (tertiary/aromatic N) is 2. The van der Waals surface area contributed by atoms with Crippen LogP contribution < -0.4 is 9.62 Å². The summed E-state index contributed by atoms with van der Waals surface area (Å²) in [5.41, 5.74) is 1.94. The normalized spacial score (nSPS) is 15.2. The first-order valence-electron chi connectivity index (χ1n) is 12.0. The maximum absolute atomic E-state index is 13.7. The van der Waals surface area contributed by atoms with E-state index in [0.717, 1.165) is 53.8 Å². The third-order valence-corrected chi connectivity index (χ3v) is 8.54. The molecule has 1 aliphatic carbocycles. The standard InChI is InChI=1S/C26H33Cl2N3O4S/c1-18-10-7-8-11-20(18)16-30(19(2)26(33)29-21-12-5-4-6-13-21)24(32)17-31(36(3,34)35)23-15-9-14-22(27)25(23)28/h7-11,14-15,19,21H,4-6,12-13,16-17H2,1-3H3,(H,29,33)/t19-/m0/s1. The van der Waals surface area contributed by atoms with Gasteiger partial charge in [0, 0.05) is 12.6 Å². The predicted octanol–water partition coefficient (Wildman–Crippen LogP) is 4.93. The SMILES string of the molecule is Cc1ccccc1CN(C(=O)CN(c1cccc(Cl)c1Cl)S(C)(=O)=O)[C@@H](C)C(=O)NC1CCCCC1. The third-order valence-electron chi connectivity index (χ3n) is 6.60. The van der Waals surface area contributed by atoms with Crippen molar-refractivity contribution in [3.63, 3.8) is 0 Å². The van der Waals surface area contributed by atoms with Crippen LogP contribution in [0.25, 0.3) is 0 Å². The molecule has 196 valence electrons. The predicted molar refractivity (Wildman–Crippen MR) is 145 cm³/mol. The van der Waals surface area contributed by atoms with Crippen molar-refractivity contribution in [2.75, 3.05) is 17.1 Å². The number of carbonyl (C=O) groups is 2. The largest absolute Gasteiger partial charge is 0.352 e. The van der Waals surface area contributed by atoms with Gasteiger partial charge in [0.15, 0.2) is 0 Å². The molecule has 0 aromatic heterocycles. The van der Waals surface area contributed by atoms with E-state index >= 15 is 0 Å². The number of amides is 2. The van der Waals surface area contributed by atoms with Crippen molar-refractivity contribution in [3.05, 3.63) is 63.6 Å². The lowest BCUT2D eigenvalue weighted by atomic mass is 9.95. The number of nitrogens with one attached hydrogen (secondary N) is 1. The Labute approximate surface area is 223 Å². The summed E-state index contributed by atoms with van der Waals surface area (Å²) < 4.78 is 26.3. The molecule has 7 nitrogen and oxygen atoms in total. The van der Waals surface area contributed by atoms with Gasteiger partial charge < -0.3 is 10.2 Å². The van der Waals surface area contributed by atoms with Gasteiger partial charge in [-0.05, 0) is 49.9 Å². The van der Waals surface area contributed by atoms with Crippen molar-refractivity contribution < 1.29 is 18.0 Å². The average molecular weight is 555 g/mol. The number of hydrogen-bond donors (Lipinski definition) is 1. The van der Waals surface area contributed by atoms with Crippen LogP contribution in [0.4, 0.5) is 5.69 Å². The highest BCUT2D eigenvalue weighted by Gasteiger charge is 2.32. The molecule has 1 saturated carbocycles. The maximum atomic E-state index is 13.7. The van der Waals surface area contributed by atoms with Crippen molar-refractivity contribution in [1.82, 2.24) is 10.2 Å². The Morgan fingerprint density at radius 1 is 1.06 bits per heavy atom. The van der Waals surface area contributed by atoms with E-state index in [-0.39, 0.29) is 34.2 Å². The van der Waals surface area contributed by atoms with Crippen LogP contribution in [0.5, 0.6) is 0 Å². The second-order valence-corrected chi connectivity index (χ2v) is 12.0. The van der Waals surface area contributed by atoms with Crippen LogP contribution in [-0.2, 0) is 26.2 Å². The van der Waals surface area contributed by atoms with Crippen LogP contribution in [0.15, 0.2) is 42.5 Å². The summed E-state index contributed by atoms with van der Waals surface area (Å²) in [5, 5.41) is 3.29. The number of benzene rings is 2. The van der Waals surface area contributed by atoms with E-state index in [4.69, 9.17) is 23.2 Å². The topological polar surface area (TPSA) is 86.8 Å². The summed E-state index contributed by atoms with van der Waals surface area (Å²) in [5.74, 6) is -0.776. The Bertz CT molecular complexity index is 1200. The van der Waals surface area contributed by atoms with E-state index in [1.54, 1.807) is 13.0 Å². The maximum Gasteiger partial charge on any atom is 0.244 e. The van der Waals surface area contributed by atoms with Gasteiger partial charge in [-0.25, -0.2) is 8.42 Å². The highest BCUT2D eigenvalue weighted by Crippen LogP contribution is 2.33. The van der Waals surface area contributed by atoms with Crippen LogP contribution in [0.1, 0.15) is 50.2 Å². The number of aryl methyl sites for hydroxylation is 1. The number of rotatable bonds is 9. The second-order valence-electron chi connectivity index (χ2n) is 9.31. The molecule has 0 bridgehead atoms. The Kier molecular flexibility index (Phi) is 9.66. The van der Waals surface area contributed by atoms with E-state index in [1.165, 1.54) is 17.0 Å². The molecule has 1 aliphatic rings. The summed E-state index contributed by atoms with van der Waals surface area (Å²) in [6.45, 7) is 3.24. The van der Waals surface area contributed by atoms with Crippen molar-refractivity contribution >= 4 is 50.7 Å². The first-order chi connectivity index (χ1) is 17.0. The second kappa shape index (κ2) is 12.3. The van der Waals surface area contributed by atoms with Crippen LogP contribution in [0.3, 0.4) is 0 Å². The zero-order valence-electron chi connectivity index (χ0n) is 20.8. The quantitative estimate of drug-likeness (QED) is 0.476. The molecule has 0 heterocycles. The Morgan fingerprint density at radius 3 is 2.36 bits per heavy atom. The summed E-state index contributed by atoms with van der Waals surface area (Å²) >= 11 is 12.4. The van der Waals surface area contributed by atoms with Crippen LogP contribution >= 0.6 is 23.2 Å². The molecule has 2 aromatic carbocycles. The van der Waals surface area contributed by atoms with Gasteiger partial charge in [-0.2, -0.15) is 0 Å². The molecular formula is C26H33Cl2N3O4S. The first kappa shape index (κ1) is 28.3. The fourth-order valence-electron chi connectivity index (χ4n) is 4.40. The van der Waals surface area contributed by atoms with Gasteiger partial charge in [-0.3, -0.25) is 13.9 Å². The van der Waals surface area contributed by atoms with Gasteiger partial charge in [0.2, 0.25) is 21.8 Å². The Morgan fingerprint density at radius 2 is 1.72 bits per heavy atom. The minimum atomic E-state index is -3.89. The van der Waals surface area contributed by atoms with E-state index in [2.05, 4.69) is 5.32 Å². The van der Waals surface area contributed by atoms with E-state index in [1.807, 2.05) is 31.2 Å². The van der Waals surface area contributed by atoms with Crippen LogP contribution in [-0.4, -0.2) is 50.0 Å². The first-order valence-corrected chi connectivity index (χ1v) is 14.7. The zero-order valence-corrected chi connectivity index (χ0v) is 23.2. The zero-order chi connectivity index (χ0) is 26.5. The van der Waals surface area contributed by atoms with E-state index in [0.29, 0.717) is 0 Å². The van der Waals surface area contributed by atoms with E-state index < -0.39 is 28.5 Å². The third kappa shape index (κ3) is 7.14. The summed E-state index contributed by atoms with van der Waals surface area (Å²) in [7, 11) is -3.89. The van der Waals surface area contributed by atoms with Gasteiger partial charge in [-0.15, -0.1) is 0 Å². The average Bonchev–Trinajstić information content (AvgIpc) is 2.83. The Balaban J connectivity index is 1.91. The Hall–Kier alpha value is -2.29. The molecule has 0 saturated heterocycles. The molecule has 10 heteroatoms. The summed E-state index contributed by atoms with van der Waals surface area (Å²) in [6, 6.07) is 11.5. The van der Waals surface area contributed by atoms with Gasteiger partial charge in [-0.1, -0.05) is 72.8 Å². The lowest BCUT2D eigenvalue weighted by Crippen LogP contribution is -2.53. The monoisotopic (exact) mass is 553 g/mol. The fraction of sp³-hybridized carbons (Fsp3) is 0.462. The molecular weight excluding hydrogens is 521 g/mol. The summed E-state index contributed by atoms with van der Waals surface area (Å²) in [6.07, 6.45) is 6.12. The van der Waals surface area contributed by atoms with Crippen molar-refractivity contribution in [1.29, 1.82) is 0 Å². The van der Waals surface area contributed by atoms with Gasteiger partial charge in [0.25, 0.3) is 0 Å². The molecule has 3 rings (SSSR count). The molecule has 1 atom stereocenters. The van der Waals surface area contributed by atoms with Crippen molar-refractivity contribution in [3.8, 4) is 0 Å². The number of carbonyl (C=O) groups excluding carboxylic acids is 2. The smallest absolute Gasteiger partial charge is 0.244 e. The number of halogens is 2. The highest BCUT2D eigenvalue weighted by molar-refractivity contribution is 7.92. The molecule has 2 aromatic rings. The molecule has 0 radical (unpaired) electrons. The number of anilines is 1. The lowest BCUT2D eigenvalue weighted by Gasteiger charge is -2.33. The molecule has 1 fully saturated rings. The van der Waals surface area contributed by atoms with Crippen molar-refractivity contribution in [2.45, 2.75) is 64.6 Å². The molecule has 1 N–H and O–H groups in total. The van der Waals surface area contributed by atoms with Crippen LogP contribution in [0, 0.1) is 6.92 Å². The highest BCUT2D eigenvalue weighted by atomic mass is 35.5. The van der Waals surface area contributed by atoms with Gasteiger partial charge in [0.1, 0.15) is 12.6 Å². The molecule has 0 unspecified atom stereocenters. The molecule has 2 amide bonds. The van der Waals surface area contributed by atoms with Crippen molar-refractivity contribution in [2.24, 2.45) is 0 Å². The summed E-state index contributed by atoms with van der Waals surface area (Å²) in [4.78, 5) is 28.3. The minimum absolute atomic E-state index is 0.0333. The lowest BCUT2D eigenvalue weighted by molar-refractivity contribution is -0.139. The van der Waals surface area contributed by atoms with Crippen LogP contribution in [0.2, 0.25) is 10.0 Å². The molecule has 36 heavy (non-hydrogen) atoms. The van der Waals surface area contributed by atoms with Gasteiger partial charge in [0.05, 0.1) is 22.0 Å². The minimum Gasteiger partial charge on any atom is -0.352 e. The molecule has 0 aliphatic heterocycles. The van der Waals surface area contributed by atoms with Gasteiger partial charge >= 0.3 is 0 Å². The number of sulfonamides is 1. The fourth-order valence-corrected chi connectivity index (χ4v) is 5.70. The van der Waals surface area contributed by atoms with E-state index in [9.17, 15) is 18.0 Å².